The molecule has 3 fully saturated rings. The van der Waals surface area contributed by atoms with Gasteiger partial charge in [0.1, 0.15) is 18.6 Å². The van der Waals surface area contributed by atoms with Crippen LogP contribution in [-0.2, 0) is 11.2 Å². The van der Waals surface area contributed by atoms with Crippen LogP contribution in [0, 0.1) is 11.8 Å². The van der Waals surface area contributed by atoms with E-state index in [9.17, 15) is 9.90 Å². The molecule has 4 aliphatic rings. The van der Waals surface area contributed by atoms with Gasteiger partial charge in [-0.05, 0) is 24.1 Å². The Labute approximate surface area is 141 Å². The maximum atomic E-state index is 12.0. The quantitative estimate of drug-likeness (QED) is 0.644. The first-order valence-corrected chi connectivity index (χ1v) is 8.85. The Balaban J connectivity index is 1.75. The number of nitrogens with one attached hydrogen (secondary N) is 1. The monoisotopic (exact) mass is 322 g/mol. The normalized spacial score (nSPS) is 38.5. The summed E-state index contributed by atoms with van der Waals surface area (Å²) in [7, 11) is 2.25. The van der Waals surface area contributed by atoms with Crippen molar-refractivity contribution >= 4 is 16.9 Å². The van der Waals surface area contributed by atoms with Crippen LogP contribution in [0.5, 0.6) is 0 Å². The van der Waals surface area contributed by atoms with Gasteiger partial charge in [-0.2, -0.15) is 0 Å². The summed E-state index contributed by atoms with van der Waals surface area (Å²) in [5.41, 5.74) is 5.16. The van der Waals surface area contributed by atoms with Gasteiger partial charge in [0.25, 0.3) is 0 Å². The van der Waals surface area contributed by atoms with Gasteiger partial charge in [-0.25, -0.2) is 0 Å². The molecule has 1 unspecified atom stereocenters. The van der Waals surface area contributed by atoms with E-state index >= 15 is 0 Å². The minimum Gasteiger partial charge on any atom is -0.550 e. The number of allylic oxidation sites excluding steroid dienone is 1. The van der Waals surface area contributed by atoms with Crippen LogP contribution >= 0.6 is 0 Å². The van der Waals surface area contributed by atoms with Crippen LogP contribution in [0.4, 0.5) is 0 Å². The Bertz CT molecular complexity index is 896. The lowest BCUT2D eigenvalue weighted by Crippen LogP contribution is -2.72. The number of aromatic amines is 1. The van der Waals surface area contributed by atoms with Crippen molar-refractivity contribution in [3.63, 3.8) is 0 Å². The van der Waals surface area contributed by atoms with E-state index in [0.717, 1.165) is 23.9 Å². The molecule has 4 heteroatoms. The van der Waals surface area contributed by atoms with Gasteiger partial charge in [-0.1, -0.05) is 24.3 Å². The number of aromatic nitrogens is 1. The zero-order valence-corrected chi connectivity index (χ0v) is 14.1. The molecule has 0 amide bonds. The third-order valence-corrected chi connectivity index (χ3v) is 7.03. The number of rotatable bonds is 1. The van der Waals surface area contributed by atoms with E-state index in [2.05, 4.69) is 42.4 Å². The maximum absolute atomic E-state index is 12.0. The van der Waals surface area contributed by atoms with Crippen molar-refractivity contribution in [3.05, 3.63) is 47.2 Å². The number of carboxylic acid groups (broad SMARTS) is 1. The molecule has 0 spiro atoms. The van der Waals surface area contributed by atoms with Gasteiger partial charge in [0.15, 0.2) is 0 Å². The Morgan fingerprint density at radius 2 is 2.17 bits per heavy atom. The van der Waals surface area contributed by atoms with Crippen molar-refractivity contribution in [2.75, 3.05) is 13.6 Å². The molecule has 124 valence electrons. The first-order valence-electron chi connectivity index (χ1n) is 8.85. The van der Waals surface area contributed by atoms with Gasteiger partial charge < -0.3 is 19.4 Å². The standard InChI is InChI=1S/C20H22N2O2/c1-3-11-10-22(2)16-9-14-12-6-4-5-7-15(12)21-19(14)17(22)8-13(11)18(16)20(23)24/h3-7,13,16-18,21H,8-10H2,1-2H3/b11-3-/t13-,16-,17-,18+,22?/m0/s1. The molecule has 1 aromatic carbocycles. The zero-order valence-electron chi connectivity index (χ0n) is 14.1. The first kappa shape index (κ1) is 14.3. The predicted octanol–water partition coefficient (Wildman–Crippen LogP) is 1.93. The fraction of sp³-hybridized carbons (Fsp3) is 0.450. The van der Waals surface area contributed by atoms with Gasteiger partial charge in [-0.3, -0.25) is 0 Å². The fourth-order valence-corrected chi connectivity index (χ4v) is 5.92. The van der Waals surface area contributed by atoms with E-state index < -0.39 is 5.97 Å². The lowest BCUT2D eigenvalue weighted by molar-refractivity contribution is -0.977. The second-order valence-electron chi connectivity index (χ2n) is 7.91. The van der Waals surface area contributed by atoms with Crippen LogP contribution in [0.2, 0.25) is 0 Å². The van der Waals surface area contributed by atoms with Crippen molar-refractivity contribution in [2.24, 2.45) is 11.8 Å². The molecule has 0 saturated carbocycles. The maximum Gasteiger partial charge on any atom is 0.131 e. The average molecular weight is 322 g/mol. The number of carboxylic acids is 1. The van der Waals surface area contributed by atoms with Crippen LogP contribution in [0.1, 0.15) is 30.6 Å². The van der Waals surface area contributed by atoms with Crippen molar-refractivity contribution in [3.8, 4) is 0 Å². The summed E-state index contributed by atoms with van der Waals surface area (Å²) in [6.07, 6.45) is 3.88. The molecule has 1 aromatic heterocycles. The second-order valence-corrected chi connectivity index (χ2v) is 7.91. The Kier molecular flexibility index (Phi) is 2.69. The fourth-order valence-electron chi connectivity index (χ4n) is 5.92. The predicted molar refractivity (Wildman–Crippen MR) is 89.9 cm³/mol. The molecule has 4 bridgehead atoms. The molecule has 1 N–H and O–H groups in total. The highest BCUT2D eigenvalue weighted by Gasteiger charge is 2.62. The summed E-state index contributed by atoms with van der Waals surface area (Å²) in [5.74, 6) is -1.10. The van der Waals surface area contributed by atoms with E-state index in [1.165, 1.54) is 27.7 Å². The zero-order chi connectivity index (χ0) is 16.6. The highest BCUT2D eigenvalue weighted by Crippen LogP contribution is 2.57. The number of benzene rings is 1. The number of hydrogen-bond acceptors (Lipinski definition) is 2. The van der Waals surface area contributed by atoms with Crippen LogP contribution in [-0.4, -0.2) is 35.1 Å². The number of aliphatic carboxylic acids is 1. The lowest BCUT2D eigenvalue weighted by atomic mass is 9.62. The first-order chi connectivity index (χ1) is 11.5. The van der Waals surface area contributed by atoms with Crippen LogP contribution in [0.25, 0.3) is 10.9 Å². The minimum absolute atomic E-state index is 0.120. The second kappa shape index (κ2) is 4.51. The van der Waals surface area contributed by atoms with Crippen molar-refractivity contribution in [1.82, 2.24) is 4.98 Å². The number of piperidine rings is 3. The van der Waals surface area contributed by atoms with Gasteiger partial charge >= 0.3 is 0 Å². The SMILES string of the molecule is C/C=C1/C[N+]2(C)[C@H]3C[C@@H]1[C@@H](C(=O)[O-])[C@@H]2Cc1c3[nH]c2ccccc12. The minimum atomic E-state index is -0.866. The van der Waals surface area contributed by atoms with Crippen molar-refractivity contribution in [1.29, 1.82) is 0 Å². The number of carbonyl (C=O) groups excluding carboxylic acids is 1. The van der Waals surface area contributed by atoms with E-state index in [1.807, 2.05) is 6.92 Å². The molecule has 0 radical (unpaired) electrons. The summed E-state index contributed by atoms with van der Waals surface area (Å²) in [6.45, 7) is 3.01. The largest absolute Gasteiger partial charge is 0.550 e. The number of para-hydroxylation sites is 1. The lowest BCUT2D eigenvalue weighted by Gasteiger charge is -2.63. The molecule has 5 atom stereocenters. The molecule has 5 heterocycles. The van der Waals surface area contributed by atoms with Crippen LogP contribution < -0.4 is 5.11 Å². The average Bonchev–Trinajstić information content (AvgIpc) is 2.92. The van der Waals surface area contributed by atoms with Gasteiger partial charge in [-0.15, -0.1) is 0 Å². The molecular weight excluding hydrogens is 300 g/mol. The van der Waals surface area contributed by atoms with Crippen LogP contribution in [0.3, 0.4) is 0 Å². The van der Waals surface area contributed by atoms with Crippen molar-refractivity contribution < 1.29 is 14.4 Å². The summed E-state index contributed by atoms with van der Waals surface area (Å²) in [4.78, 5) is 15.7. The highest BCUT2D eigenvalue weighted by molar-refractivity contribution is 5.85. The molecule has 2 aromatic rings. The molecule has 24 heavy (non-hydrogen) atoms. The molecular formula is C20H22N2O2. The molecule has 0 aliphatic carbocycles. The van der Waals surface area contributed by atoms with Gasteiger partial charge in [0.2, 0.25) is 0 Å². The smallest absolute Gasteiger partial charge is 0.131 e. The highest BCUT2D eigenvalue weighted by atomic mass is 16.4. The van der Waals surface area contributed by atoms with E-state index in [0.29, 0.717) is 6.04 Å². The number of carbonyl (C=O) groups is 1. The third-order valence-electron chi connectivity index (χ3n) is 7.03. The Hall–Kier alpha value is -2.07. The van der Waals surface area contributed by atoms with E-state index in [1.54, 1.807) is 0 Å². The van der Waals surface area contributed by atoms with Crippen molar-refractivity contribution in [2.45, 2.75) is 31.8 Å². The van der Waals surface area contributed by atoms with Gasteiger partial charge in [0, 0.05) is 29.7 Å². The number of quaternary nitrogens is 1. The summed E-state index contributed by atoms with van der Waals surface area (Å²) < 4.78 is 0.814. The Morgan fingerprint density at radius 1 is 1.38 bits per heavy atom. The number of H-pyrrole nitrogens is 1. The molecule has 6 rings (SSSR count). The summed E-state index contributed by atoms with van der Waals surface area (Å²) in [6, 6.07) is 8.90. The molecule has 4 aliphatic heterocycles. The van der Waals surface area contributed by atoms with E-state index in [4.69, 9.17) is 0 Å². The number of likely N-dealkylation sites (N-methyl/N-ethyl adjacent to an activating group) is 1. The Morgan fingerprint density at radius 3 is 2.92 bits per heavy atom. The summed E-state index contributed by atoms with van der Waals surface area (Å²) >= 11 is 0. The third kappa shape index (κ3) is 1.55. The summed E-state index contributed by atoms with van der Waals surface area (Å²) in [5, 5.41) is 13.3. The topological polar surface area (TPSA) is 55.9 Å². The van der Waals surface area contributed by atoms with Crippen LogP contribution in [0.15, 0.2) is 35.9 Å². The number of fused-ring (bicyclic) bond motifs is 4. The molecule has 4 nitrogen and oxygen atoms in total. The number of nitrogens with zero attached hydrogens (tertiary/aromatic N) is 1. The van der Waals surface area contributed by atoms with E-state index in [-0.39, 0.29) is 17.9 Å². The van der Waals surface area contributed by atoms with Gasteiger partial charge in [0.05, 0.1) is 24.6 Å². The molecule has 3 saturated heterocycles. The number of hydrogen-bond donors (Lipinski definition) is 1.